The second-order valence-electron chi connectivity index (χ2n) is 3.42. The Morgan fingerprint density at radius 2 is 1.94 bits per heavy atom. The van der Waals surface area contributed by atoms with Gasteiger partial charge in [-0.1, -0.05) is 15.9 Å². The van der Waals surface area contributed by atoms with Crippen molar-refractivity contribution in [3.63, 3.8) is 0 Å². The monoisotopic (exact) mass is 420 g/mol. The third-order valence-corrected chi connectivity index (χ3v) is 4.01. The summed E-state index contributed by atoms with van der Waals surface area (Å²) in [7, 11) is 1.74. The first-order chi connectivity index (χ1) is 8.00. The molecule has 6 heteroatoms. The molecule has 2 rings (SSSR count). The molecule has 88 valence electrons. The van der Waals surface area contributed by atoms with Gasteiger partial charge < -0.3 is 0 Å². The second kappa shape index (κ2) is 5.04. The van der Waals surface area contributed by atoms with Crippen LogP contribution in [0.5, 0.6) is 0 Å². The molecule has 0 aliphatic carbocycles. The van der Waals surface area contributed by atoms with Crippen molar-refractivity contribution < 1.29 is 4.79 Å². The highest BCUT2D eigenvalue weighted by Gasteiger charge is 2.19. The number of ketones is 1. The van der Waals surface area contributed by atoms with Crippen molar-refractivity contribution in [2.75, 3.05) is 0 Å². The zero-order chi connectivity index (χ0) is 12.6. The first kappa shape index (κ1) is 13.0. The number of hydrogen-bond donors (Lipinski definition) is 0. The molecule has 0 unspecified atom stereocenters. The van der Waals surface area contributed by atoms with Gasteiger partial charge >= 0.3 is 0 Å². The molecule has 0 saturated heterocycles. The third kappa shape index (κ3) is 2.53. The molecule has 0 fully saturated rings. The molecule has 0 aliphatic rings. The van der Waals surface area contributed by atoms with E-state index in [1.807, 2.05) is 12.1 Å². The van der Waals surface area contributed by atoms with Crippen molar-refractivity contribution in [3.05, 3.63) is 49.1 Å². The standard InChI is InChI=1S/C11H7Br3N2O/c1-16-10(9(14)5-15-16)11(17)7-3-2-6(12)4-8(7)13/h2-5H,1H3. The molecule has 2 aromatic rings. The van der Waals surface area contributed by atoms with Crippen molar-refractivity contribution in [2.24, 2.45) is 7.05 Å². The molecule has 1 aromatic heterocycles. The molecule has 17 heavy (non-hydrogen) atoms. The minimum Gasteiger partial charge on any atom is -0.287 e. The molecule has 0 saturated carbocycles. The van der Waals surface area contributed by atoms with Gasteiger partial charge in [-0.05, 0) is 50.1 Å². The number of aryl methyl sites for hydroxylation is 1. The Kier molecular flexibility index (Phi) is 3.85. The molecule has 0 aliphatic heterocycles. The maximum atomic E-state index is 12.3. The molecule has 0 N–H and O–H groups in total. The van der Waals surface area contributed by atoms with Gasteiger partial charge in [0.1, 0.15) is 5.69 Å². The number of nitrogens with zero attached hydrogens (tertiary/aromatic N) is 2. The van der Waals surface area contributed by atoms with Gasteiger partial charge in [-0.15, -0.1) is 0 Å². The Balaban J connectivity index is 2.51. The minimum atomic E-state index is -0.0729. The van der Waals surface area contributed by atoms with Gasteiger partial charge in [0, 0.05) is 21.6 Å². The summed E-state index contributed by atoms with van der Waals surface area (Å²) in [6, 6.07) is 5.45. The van der Waals surface area contributed by atoms with E-state index in [1.165, 1.54) is 0 Å². The molecule has 0 atom stereocenters. The summed E-state index contributed by atoms with van der Waals surface area (Å²) >= 11 is 10.1. The van der Waals surface area contributed by atoms with Crippen LogP contribution in [0.1, 0.15) is 16.1 Å². The summed E-state index contributed by atoms with van der Waals surface area (Å²) in [5, 5.41) is 4.03. The first-order valence-corrected chi connectivity index (χ1v) is 7.06. The van der Waals surface area contributed by atoms with Gasteiger partial charge in [-0.3, -0.25) is 9.48 Å². The zero-order valence-electron chi connectivity index (χ0n) is 8.75. The van der Waals surface area contributed by atoms with E-state index in [1.54, 1.807) is 24.0 Å². The number of carbonyl (C=O) groups is 1. The highest BCUT2D eigenvalue weighted by Crippen LogP contribution is 2.26. The summed E-state index contributed by atoms with van der Waals surface area (Å²) < 4.78 is 3.93. The van der Waals surface area contributed by atoms with E-state index in [4.69, 9.17) is 0 Å². The average Bonchev–Trinajstić information content (AvgIpc) is 2.58. The van der Waals surface area contributed by atoms with Gasteiger partial charge in [0.25, 0.3) is 0 Å². The Bertz CT molecular complexity index is 573. The fourth-order valence-corrected chi connectivity index (χ4v) is 3.22. The van der Waals surface area contributed by atoms with Crippen LogP contribution in [0.2, 0.25) is 0 Å². The summed E-state index contributed by atoms with van der Waals surface area (Å²) in [6.07, 6.45) is 1.61. The quantitative estimate of drug-likeness (QED) is 0.687. The lowest BCUT2D eigenvalue weighted by Crippen LogP contribution is -2.09. The SMILES string of the molecule is Cn1ncc(Br)c1C(=O)c1ccc(Br)cc1Br. The van der Waals surface area contributed by atoms with Crippen molar-refractivity contribution >= 4 is 53.6 Å². The highest BCUT2D eigenvalue weighted by molar-refractivity contribution is 9.11. The fraction of sp³-hybridized carbons (Fsp3) is 0.0909. The van der Waals surface area contributed by atoms with Gasteiger partial charge in [-0.25, -0.2) is 0 Å². The second-order valence-corrected chi connectivity index (χ2v) is 6.04. The smallest absolute Gasteiger partial charge is 0.213 e. The maximum Gasteiger partial charge on any atom is 0.213 e. The summed E-state index contributed by atoms with van der Waals surface area (Å²) in [5.74, 6) is -0.0729. The summed E-state index contributed by atoms with van der Waals surface area (Å²) in [6.45, 7) is 0. The molecular weight excluding hydrogens is 416 g/mol. The molecule has 0 spiro atoms. The van der Waals surface area contributed by atoms with Gasteiger partial charge in [0.15, 0.2) is 0 Å². The van der Waals surface area contributed by atoms with Crippen LogP contribution in [0.15, 0.2) is 37.8 Å². The summed E-state index contributed by atoms with van der Waals surface area (Å²) in [4.78, 5) is 12.3. The minimum absolute atomic E-state index is 0.0729. The van der Waals surface area contributed by atoms with Crippen LogP contribution in [0.25, 0.3) is 0 Å². The molecule has 0 bridgehead atoms. The zero-order valence-corrected chi connectivity index (χ0v) is 13.5. The van der Waals surface area contributed by atoms with Gasteiger partial charge in [0.2, 0.25) is 5.78 Å². The predicted octanol–water partition coefficient (Wildman–Crippen LogP) is 3.94. The average molecular weight is 423 g/mol. The number of benzene rings is 1. The van der Waals surface area contributed by atoms with Crippen LogP contribution in [0, 0.1) is 0 Å². The van der Waals surface area contributed by atoms with Gasteiger partial charge in [-0.2, -0.15) is 5.10 Å². The van der Waals surface area contributed by atoms with Crippen LogP contribution in [-0.2, 0) is 7.05 Å². The Morgan fingerprint density at radius 1 is 1.24 bits per heavy atom. The van der Waals surface area contributed by atoms with Crippen LogP contribution in [-0.4, -0.2) is 15.6 Å². The van der Waals surface area contributed by atoms with E-state index in [-0.39, 0.29) is 5.78 Å². The Hall–Kier alpha value is -0.460. The molecule has 1 aromatic carbocycles. The highest BCUT2D eigenvalue weighted by atomic mass is 79.9. The lowest BCUT2D eigenvalue weighted by atomic mass is 10.1. The molecular formula is C11H7Br3N2O. The first-order valence-electron chi connectivity index (χ1n) is 4.68. The number of halogens is 3. The van der Waals surface area contributed by atoms with E-state index >= 15 is 0 Å². The molecule has 0 amide bonds. The van der Waals surface area contributed by atoms with E-state index in [0.717, 1.165) is 8.95 Å². The van der Waals surface area contributed by atoms with E-state index in [9.17, 15) is 4.79 Å². The summed E-state index contributed by atoms with van der Waals surface area (Å²) in [5.41, 5.74) is 1.14. The van der Waals surface area contributed by atoms with Crippen molar-refractivity contribution in [2.45, 2.75) is 0 Å². The van der Waals surface area contributed by atoms with E-state index < -0.39 is 0 Å². The van der Waals surface area contributed by atoms with E-state index in [2.05, 4.69) is 52.9 Å². The molecule has 3 nitrogen and oxygen atoms in total. The van der Waals surface area contributed by atoms with E-state index in [0.29, 0.717) is 15.7 Å². The van der Waals surface area contributed by atoms with Crippen molar-refractivity contribution in [3.8, 4) is 0 Å². The number of hydrogen-bond acceptors (Lipinski definition) is 2. The lowest BCUT2D eigenvalue weighted by Gasteiger charge is -2.05. The van der Waals surface area contributed by atoms with Crippen molar-refractivity contribution in [1.29, 1.82) is 0 Å². The maximum absolute atomic E-state index is 12.3. The number of rotatable bonds is 2. The molecule has 0 radical (unpaired) electrons. The lowest BCUT2D eigenvalue weighted by molar-refractivity contribution is 0.102. The number of aromatic nitrogens is 2. The fourth-order valence-electron chi connectivity index (χ4n) is 1.47. The number of carbonyl (C=O) groups excluding carboxylic acids is 1. The normalized spacial score (nSPS) is 10.6. The largest absolute Gasteiger partial charge is 0.287 e. The topological polar surface area (TPSA) is 34.9 Å². The van der Waals surface area contributed by atoms with Crippen LogP contribution >= 0.6 is 47.8 Å². The predicted molar refractivity (Wildman–Crippen MR) is 76.2 cm³/mol. The van der Waals surface area contributed by atoms with Crippen LogP contribution < -0.4 is 0 Å². The molecule has 1 heterocycles. The Labute approximate surface area is 124 Å². The van der Waals surface area contributed by atoms with Crippen LogP contribution in [0.4, 0.5) is 0 Å². The third-order valence-electron chi connectivity index (χ3n) is 2.28. The Morgan fingerprint density at radius 3 is 2.47 bits per heavy atom. The van der Waals surface area contributed by atoms with Crippen molar-refractivity contribution in [1.82, 2.24) is 9.78 Å². The van der Waals surface area contributed by atoms with Gasteiger partial charge in [0.05, 0.1) is 10.7 Å². The van der Waals surface area contributed by atoms with Crippen LogP contribution in [0.3, 0.4) is 0 Å².